The van der Waals surface area contributed by atoms with E-state index in [0.29, 0.717) is 6.04 Å². The van der Waals surface area contributed by atoms with Crippen molar-refractivity contribution in [3.8, 4) is 0 Å². The summed E-state index contributed by atoms with van der Waals surface area (Å²) in [5.41, 5.74) is 1.34. The minimum absolute atomic E-state index is 0.699. The van der Waals surface area contributed by atoms with Crippen LogP contribution in [0.4, 0.5) is 0 Å². The Morgan fingerprint density at radius 1 is 1.44 bits per heavy atom. The number of hydrogen-bond acceptors (Lipinski definition) is 3. The van der Waals surface area contributed by atoms with Gasteiger partial charge in [0.25, 0.3) is 0 Å². The summed E-state index contributed by atoms with van der Waals surface area (Å²) in [7, 11) is 2.09. The number of hydrogen-bond donors (Lipinski definition) is 1. The van der Waals surface area contributed by atoms with Crippen LogP contribution in [0.3, 0.4) is 0 Å². The monoisotopic (exact) mass is 250 g/mol. The van der Waals surface area contributed by atoms with E-state index in [0.717, 1.165) is 19.0 Å². The fourth-order valence-corrected chi connectivity index (χ4v) is 2.96. The third-order valence-electron chi connectivity index (χ3n) is 4.13. The second-order valence-corrected chi connectivity index (χ2v) is 5.29. The fourth-order valence-electron chi connectivity index (χ4n) is 2.96. The average molecular weight is 250 g/mol. The van der Waals surface area contributed by atoms with Gasteiger partial charge in [0, 0.05) is 37.4 Å². The predicted octanol–water partition coefficient (Wildman–Crippen LogP) is 1.72. The van der Waals surface area contributed by atoms with E-state index in [1.165, 1.54) is 31.5 Å². The van der Waals surface area contributed by atoms with E-state index < -0.39 is 0 Å². The fraction of sp³-hybridized carbons (Fsp3) is 0.786. The van der Waals surface area contributed by atoms with Crippen molar-refractivity contribution in [3.63, 3.8) is 0 Å². The van der Waals surface area contributed by atoms with E-state index in [4.69, 9.17) is 0 Å². The van der Waals surface area contributed by atoms with Crippen molar-refractivity contribution in [2.45, 2.75) is 45.8 Å². The van der Waals surface area contributed by atoms with Gasteiger partial charge in [-0.15, -0.1) is 0 Å². The number of aromatic nitrogens is 2. The van der Waals surface area contributed by atoms with Crippen LogP contribution in [0, 0.1) is 5.92 Å². The van der Waals surface area contributed by atoms with Crippen molar-refractivity contribution in [3.05, 3.63) is 18.0 Å². The molecule has 0 aromatic carbocycles. The Bertz CT molecular complexity index is 360. The largest absolute Gasteiger partial charge is 0.317 e. The number of likely N-dealkylation sites (tertiary alicyclic amines) is 1. The predicted molar refractivity (Wildman–Crippen MR) is 74.4 cm³/mol. The summed E-state index contributed by atoms with van der Waals surface area (Å²) in [5.74, 6) is 0.782. The first kappa shape index (κ1) is 13.6. The molecule has 102 valence electrons. The molecule has 1 aromatic heterocycles. The summed E-state index contributed by atoms with van der Waals surface area (Å²) in [4.78, 5) is 2.57. The van der Waals surface area contributed by atoms with Crippen LogP contribution in [0.25, 0.3) is 0 Å². The Morgan fingerprint density at radius 2 is 2.28 bits per heavy atom. The lowest BCUT2D eigenvalue weighted by molar-refractivity contribution is 0.132. The molecule has 0 amide bonds. The Hall–Kier alpha value is -0.870. The first-order chi connectivity index (χ1) is 8.76. The van der Waals surface area contributed by atoms with Crippen LogP contribution in [-0.2, 0) is 13.1 Å². The SMILES string of the molecule is CCC1CN(Cc2cnn(CC)c2)CCC1NC. The summed E-state index contributed by atoms with van der Waals surface area (Å²) in [5, 5.41) is 7.81. The lowest BCUT2D eigenvalue weighted by atomic mass is 9.90. The summed E-state index contributed by atoms with van der Waals surface area (Å²) in [6.45, 7) is 8.83. The molecular formula is C14H26N4. The van der Waals surface area contributed by atoms with Gasteiger partial charge < -0.3 is 5.32 Å². The van der Waals surface area contributed by atoms with Gasteiger partial charge in [0.05, 0.1) is 6.20 Å². The van der Waals surface area contributed by atoms with Crippen LogP contribution < -0.4 is 5.32 Å². The molecule has 0 radical (unpaired) electrons. The minimum atomic E-state index is 0.699. The maximum Gasteiger partial charge on any atom is 0.0534 e. The molecule has 1 N–H and O–H groups in total. The molecule has 2 rings (SSSR count). The molecule has 1 aliphatic rings. The van der Waals surface area contributed by atoms with E-state index >= 15 is 0 Å². The normalized spacial score (nSPS) is 25.5. The lowest BCUT2D eigenvalue weighted by Gasteiger charge is -2.38. The molecule has 1 aliphatic heterocycles. The smallest absolute Gasteiger partial charge is 0.0534 e. The molecule has 4 heteroatoms. The zero-order valence-electron chi connectivity index (χ0n) is 11.9. The molecule has 1 aromatic rings. The van der Waals surface area contributed by atoms with Crippen molar-refractivity contribution in [2.75, 3.05) is 20.1 Å². The number of rotatable bonds is 5. The molecular weight excluding hydrogens is 224 g/mol. The van der Waals surface area contributed by atoms with Gasteiger partial charge in [0.1, 0.15) is 0 Å². The average Bonchev–Trinajstić information content (AvgIpc) is 2.86. The first-order valence-electron chi connectivity index (χ1n) is 7.17. The highest BCUT2D eigenvalue weighted by molar-refractivity contribution is 5.04. The van der Waals surface area contributed by atoms with Gasteiger partial charge >= 0.3 is 0 Å². The van der Waals surface area contributed by atoms with Gasteiger partial charge in [-0.2, -0.15) is 5.10 Å². The van der Waals surface area contributed by atoms with E-state index in [9.17, 15) is 0 Å². The van der Waals surface area contributed by atoms with Gasteiger partial charge in [-0.3, -0.25) is 9.58 Å². The second kappa shape index (κ2) is 6.34. The molecule has 1 fully saturated rings. The Balaban J connectivity index is 1.90. The quantitative estimate of drug-likeness (QED) is 0.864. The van der Waals surface area contributed by atoms with E-state index in [1.807, 2.05) is 10.9 Å². The van der Waals surface area contributed by atoms with E-state index in [1.54, 1.807) is 0 Å². The second-order valence-electron chi connectivity index (χ2n) is 5.29. The zero-order valence-corrected chi connectivity index (χ0v) is 11.9. The van der Waals surface area contributed by atoms with Gasteiger partial charge in [0.15, 0.2) is 0 Å². The van der Waals surface area contributed by atoms with Crippen LogP contribution in [0.15, 0.2) is 12.4 Å². The van der Waals surface area contributed by atoms with Crippen molar-refractivity contribution >= 4 is 0 Å². The van der Waals surface area contributed by atoms with Crippen molar-refractivity contribution in [2.24, 2.45) is 5.92 Å². The molecule has 0 saturated carbocycles. The molecule has 0 spiro atoms. The maximum atomic E-state index is 4.35. The summed E-state index contributed by atoms with van der Waals surface area (Å²) in [6.07, 6.45) is 6.70. The number of piperidine rings is 1. The summed E-state index contributed by atoms with van der Waals surface area (Å²) >= 11 is 0. The molecule has 2 unspecified atom stereocenters. The van der Waals surface area contributed by atoms with Crippen molar-refractivity contribution in [1.82, 2.24) is 20.0 Å². The number of aryl methyl sites for hydroxylation is 1. The molecule has 2 atom stereocenters. The number of nitrogens with one attached hydrogen (secondary N) is 1. The highest BCUT2D eigenvalue weighted by Crippen LogP contribution is 2.21. The third kappa shape index (κ3) is 3.12. The standard InChI is InChI=1S/C14H26N4/c1-4-13-11-17(7-6-14(13)15-3)9-12-8-16-18(5-2)10-12/h8,10,13-15H,4-7,9,11H2,1-3H3. The van der Waals surface area contributed by atoms with Crippen LogP contribution in [-0.4, -0.2) is 40.9 Å². The summed E-state index contributed by atoms with van der Waals surface area (Å²) < 4.78 is 2.01. The van der Waals surface area contributed by atoms with Crippen molar-refractivity contribution < 1.29 is 0 Å². The molecule has 2 heterocycles. The molecule has 18 heavy (non-hydrogen) atoms. The highest BCUT2D eigenvalue weighted by Gasteiger charge is 2.26. The van der Waals surface area contributed by atoms with Crippen LogP contribution >= 0.6 is 0 Å². The Kier molecular flexibility index (Phi) is 4.78. The topological polar surface area (TPSA) is 33.1 Å². The van der Waals surface area contributed by atoms with E-state index in [2.05, 4.69) is 42.4 Å². The first-order valence-corrected chi connectivity index (χ1v) is 7.17. The van der Waals surface area contributed by atoms with Gasteiger partial charge in [-0.05, 0) is 32.9 Å². The molecule has 1 saturated heterocycles. The van der Waals surface area contributed by atoms with Crippen LogP contribution in [0.5, 0.6) is 0 Å². The molecule has 4 nitrogen and oxygen atoms in total. The number of nitrogens with zero attached hydrogens (tertiary/aromatic N) is 3. The highest BCUT2D eigenvalue weighted by atomic mass is 15.3. The van der Waals surface area contributed by atoms with Gasteiger partial charge in [-0.1, -0.05) is 13.3 Å². The maximum absolute atomic E-state index is 4.35. The zero-order chi connectivity index (χ0) is 13.0. The van der Waals surface area contributed by atoms with Gasteiger partial charge in [0.2, 0.25) is 0 Å². The molecule has 0 aliphatic carbocycles. The van der Waals surface area contributed by atoms with E-state index in [-0.39, 0.29) is 0 Å². The lowest BCUT2D eigenvalue weighted by Crippen LogP contribution is -2.47. The van der Waals surface area contributed by atoms with Gasteiger partial charge in [-0.25, -0.2) is 0 Å². The summed E-state index contributed by atoms with van der Waals surface area (Å²) in [6, 6.07) is 0.699. The molecule has 0 bridgehead atoms. The minimum Gasteiger partial charge on any atom is -0.317 e. The van der Waals surface area contributed by atoms with Crippen molar-refractivity contribution in [1.29, 1.82) is 0 Å². The Morgan fingerprint density at radius 3 is 2.89 bits per heavy atom. The van der Waals surface area contributed by atoms with Crippen LogP contribution in [0.1, 0.15) is 32.3 Å². The third-order valence-corrected chi connectivity index (χ3v) is 4.13. The Labute approximate surface area is 110 Å². The van der Waals surface area contributed by atoms with Crippen LogP contribution in [0.2, 0.25) is 0 Å².